The smallest absolute Gasteiger partial charge is 0.258 e. The van der Waals surface area contributed by atoms with Gasteiger partial charge in [-0.05, 0) is 55.4 Å². The SMILES string of the molecule is C[C@@H]1CN([C@@H](C)CO)C(=O)c2cc(NC(=O)Cc3ccccc3)ccc2O[C@@H]1CN(C)Cc1ccc(Cl)c(Cl)c1. The minimum atomic E-state index is -0.383. The molecule has 0 saturated heterocycles. The number of carbonyl (C=O) groups is 2. The van der Waals surface area contributed by atoms with Crippen molar-refractivity contribution in [3.63, 3.8) is 0 Å². The number of amides is 2. The molecule has 2 N–H and O–H groups in total. The summed E-state index contributed by atoms with van der Waals surface area (Å²) in [5.74, 6) is -0.000155. The van der Waals surface area contributed by atoms with Gasteiger partial charge in [-0.3, -0.25) is 14.5 Å². The highest BCUT2D eigenvalue weighted by Crippen LogP contribution is 2.31. The molecule has 0 aromatic heterocycles. The number of ether oxygens (including phenoxy) is 1. The number of nitrogens with zero attached hydrogens (tertiary/aromatic N) is 2. The van der Waals surface area contributed by atoms with Crippen molar-refractivity contribution in [3.8, 4) is 5.75 Å². The van der Waals surface area contributed by atoms with E-state index in [9.17, 15) is 14.7 Å². The topological polar surface area (TPSA) is 82.1 Å². The van der Waals surface area contributed by atoms with Crippen LogP contribution in [-0.4, -0.2) is 65.6 Å². The number of carbonyl (C=O) groups excluding carboxylic acids is 2. The van der Waals surface area contributed by atoms with Crippen molar-refractivity contribution in [1.82, 2.24) is 9.80 Å². The monoisotopic (exact) mass is 583 g/mol. The van der Waals surface area contributed by atoms with Gasteiger partial charge in [0, 0.05) is 31.2 Å². The Balaban J connectivity index is 1.56. The largest absolute Gasteiger partial charge is 0.488 e. The summed E-state index contributed by atoms with van der Waals surface area (Å²) in [6.07, 6.45) is -0.0209. The van der Waals surface area contributed by atoms with E-state index >= 15 is 0 Å². The van der Waals surface area contributed by atoms with Crippen molar-refractivity contribution in [1.29, 1.82) is 0 Å². The molecule has 1 aliphatic heterocycles. The first kappa shape index (κ1) is 29.9. The maximum atomic E-state index is 13.7. The molecular weight excluding hydrogens is 549 g/mol. The number of hydrogen-bond acceptors (Lipinski definition) is 5. The van der Waals surface area contributed by atoms with Crippen LogP contribution >= 0.6 is 23.2 Å². The Kier molecular flexibility index (Phi) is 10.1. The molecule has 0 bridgehead atoms. The first-order chi connectivity index (χ1) is 19.1. The van der Waals surface area contributed by atoms with Crippen molar-refractivity contribution >= 4 is 40.7 Å². The minimum Gasteiger partial charge on any atom is -0.488 e. The van der Waals surface area contributed by atoms with Gasteiger partial charge in [-0.25, -0.2) is 0 Å². The summed E-state index contributed by atoms with van der Waals surface area (Å²) >= 11 is 12.3. The van der Waals surface area contributed by atoms with E-state index in [2.05, 4.69) is 10.2 Å². The maximum Gasteiger partial charge on any atom is 0.258 e. The third kappa shape index (κ3) is 7.55. The molecule has 0 fully saturated rings. The number of fused-ring (bicyclic) bond motifs is 1. The highest BCUT2D eigenvalue weighted by molar-refractivity contribution is 6.42. The van der Waals surface area contributed by atoms with Crippen LogP contribution in [0.2, 0.25) is 10.0 Å². The van der Waals surface area contributed by atoms with Gasteiger partial charge >= 0.3 is 0 Å². The lowest BCUT2D eigenvalue weighted by atomic mass is 9.99. The summed E-state index contributed by atoms with van der Waals surface area (Å²) in [4.78, 5) is 30.2. The van der Waals surface area contributed by atoms with E-state index in [4.69, 9.17) is 27.9 Å². The van der Waals surface area contributed by atoms with E-state index in [1.807, 2.05) is 63.4 Å². The molecule has 1 heterocycles. The lowest BCUT2D eigenvalue weighted by Gasteiger charge is -2.38. The standard InChI is InChI=1S/C31H35Cl2N3O4/c1-20-16-36(21(2)19-37)31(39)25-15-24(34-30(38)14-22-7-5-4-6-8-22)10-12-28(25)40-29(20)18-35(3)17-23-9-11-26(32)27(33)13-23/h4-13,15,20-21,29,37H,14,16-19H2,1-3H3,(H,34,38)/t20-,21+,29-/m1/s1. The van der Waals surface area contributed by atoms with E-state index in [-0.39, 0.29) is 42.9 Å². The van der Waals surface area contributed by atoms with Gasteiger partial charge in [0.2, 0.25) is 5.91 Å². The van der Waals surface area contributed by atoms with Gasteiger partial charge < -0.3 is 20.1 Å². The van der Waals surface area contributed by atoms with E-state index in [0.29, 0.717) is 46.7 Å². The zero-order valence-electron chi connectivity index (χ0n) is 22.9. The molecule has 0 aliphatic carbocycles. The lowest BCUT2D eigenvalue weighted by Crippen LogP contribution is -2.49. The second-order valence-electron chi connectivity index (χ2n) is 10.5. The maximum absolute atomic E-state index is 13.7. The number of likely N-dealkylation sites (N-methyl/N-ethyl adjacent to an activating group) is 1. The third-order valence-electron chi connectivity index (χ3n) is 7.08. The molecule has 212 valence electrons. The van der Waals surface area contributed by atoms with E-state index in [0.717, 1.165) is 11.1 Å². The number of nitrogens with one attached hydrogen (secondary N) is 1. The van der Waals surface area contributed by atoms with Crippen molar-refractivity contribution in [2.75, 3.05) is 32.1 Å². The average Bonchev–Trinajstić information content (AvgIpc) is 2.93. The average molecular weight is 585 g/mol. The molecule has 0 spiro atoms. The van der Waals surface area contributed by atoms with E-state index < -0.39 is 0 Å². The Labute approximate surface area is 245 Å². The predicted molar refractivity (Wildman–Crippen MR) is 159 cm³/mol. The Morgan fingerprint density at radius 2 is 1.85 bits per heavy atom. The first-order valence-corrected chi connectivity index (χ1v) is 14.1. The highest BCUT2D eigenvalue weighted by Gasteiger charge is 2.33. The molecule has 2 amide bonds. The normalized spacial score (nSPS) is 18.0. The zero-order valence-corrected chi connectivity index (χ0v) is 24.5. The van der Waals surface area contributed by atoms with E-state index in [1.165, 1.54) is 0 Å². The van der Waals surface area contributed by atoms with Crippen LogP contribution in [0.25, 0.3) is 0 Å². The Morgan fingerprint density at radius 3 is 2.55 bits per heavy atom. The number of aliphatic hydroxyl groups is 1. The summed E-state index contributed by atoms with van der Waals surface area (Å²) in [7, 11) is 2.00. The van der Waals surface area contributed by atoms with Crippen molar-refractivity contribution < 1.29 is 19.4 Å². The van der Waals surface area contributed by atoms with Gasteiger partial charge in [0.25, 0.3) is 5.91 Å². The van der Waals surface area contributed by atoms with Gasteiger partial charge in [-0.1, -0.05) is 66.5 Å². The van der Waals surface area contributed by atoms with Crippen molar-refractivity contribution in [3.05, 3.63) is 93.5 Å². The van der Waals surface area contributed by atoms with Gasteiger partial charge in [-0.15, -0.1) is 0 Å². The number of anilines is 1. The van der Waals surface area contributed by atoms with Crippen LogP contribution in [0.1, 0.15) is 35.3 Å². The second kappa shape index (κ2) is 13.5. The molecule has 1 aliphatic rings. The summed E-state index contributed by atoms with van der Waals surface area (Å²) in [6, 6.07) is 19.8. The highest BCUT2D eigenvalue weighted by atomic mass is 35.5. The minimum absolute atomic E-state index is 0.0207. The fourth-order valence-electron chi connectivity index (χ4n) is 4.83. The fourth-order valence-corrected chi connectivity index (χ4v) is 5.15. The van der Waals surface area contributed by atoms with Crippen molar-refractivity contribution in [2.45, 2.75) is 39.0 Å². The lowest BCUT2D eigenvalue weighted by molar-refractivity contribution is -0.115. The fraction of sp³-hybridized carbons (Fsp3) is 0.355. The van der Waals surface area contributed by atoms with Crippen LogP contribution < -0.4 is 10.1 Å². The molecule has 0 unspecified atom stereocenters. The molecule has 3 atom stereocenters. The Hall–Kier alpha value is -3.10. The van der Waals surface area contributed by atoms with Crippen LogP contribution in [-0.2, 0) is 17.8 Å². The molecule has 0 radical (unpaired) electrons. The molecule has 40 heavy (non-hydrogen) atoms. The van der Waals surface area contributed by atoms with Crippen molar-refractivity contribution in [2.24, 2.45) is 5.92 Å². The first-order valence-electron chi connectivity index (χ1n) is 13.3. The molecule has 3 aromatic rings. The molecule has 4 rings (SSSR count). The number of rotatable bonds is 9. The predicted octanol–water partition coefficient (Wildman–Crippen LogP) is 5.53. The van der Waals surface area contributed by atoms with Gasteiger partial charge in [0.1, 0.15) is 11.9 Å². The molecular formula is C31H35Cl2N3O4. The molecule has 7 nitrogen and oxygen atoms in total. The quantitative estimate of drug-likeness (QED) is 0.346. The number of halogens is 2. The zero-order chi connectivity index (χ0) is 28.8. The van der Waals surface area contributed by atoms with Crippen LogP contribution in [0.5, 0.6) is 5.75 Å². The van der Waals surface area contributed by atoms with Crippen LogP contribution in [0.4, 0.5) is 5.69 Å². The summed E-state index contributed by atoms with van der Waals surface area (Å²) in [5.41, 5.74) is 2.78. The number of hydrogen-bond donors (Lipinski definition) is 2. The molecule has 0 saturated carbocycles. The van der Waals surface area contributed by atoms with Crippen LogP contribution in [0, 0.1) is 5.92 Å². The van der Waals surface area contributed by atoms with Gasteiger partial charge in [0.05, 0.1) is 34.7 Å². The second-order valence-corrected chi connectivity index (χ2v) is 11.3. The van der Waals surface area contributed by atoms with E-state index in [1.54, 1.807) is 29.2 Å². The summed E-state index contributed by atoms with van der Waals surface area (Å²) in [5, 5.41) is 13.8. The molecule has 9 heteroatoms. The number of benzene rings is 3. The Morgan fingerprint density at radius 1 is 1.10 bits per heavy atom. The molecule has 3 aromatic carbocycles. The van der Waals surface area contributed by atoms with Crippen LogP contribution in [0.3, 0.4) is 0 Å². The van der Waals surface area contributed by atoms with Gasteiger partial charge in [0.15, 0.2) is 0 Å². The number of aliphatic hydroxyl groups excluding tert-OH is 1. The third-order valence-corrected chi connectivity index (χ3v) is 7.82. The summed E-state index contributed by atoms with van der Waals surface area (Å²) < 4.78 is 6.48. The Bertz CT molecular complexity index is 1340. The summed E-state index contributed by atoms with van der Waals surface area (Å²) in [6.45, 7) is 5.35. The van der Waals surface area contributed by atoms with Crippen LogP contribution in [0.15, 0.2) is 66.7 Å². The van der Waals surface area contributed by atoms with Gasteiger partial charge in [-0.2, -0.15) is 0 Å².